The lowest BCUT2D eigenvalue weighted by molar-refractivity contribution is -0.0802. The van der Waals surface area contributed by atoms with Crippen LogP contribution >= 0.6 is 0 Å². The molecule has 2 heteroatoms. The molecule has 0 aromatic rings. The highest BCUT2D eigenvalue weighted by Crippen LogP contribution is 2.43. The Morgan fingerprint density at radius 1 is 0.800 bits per heavy atom. The van der Waals surface area contributed by atoms with E-state index >= 15 is 0 Å². The molecule has 0 heterocycles. The lowest BCUT2D eigenvalue weighted by Crippen LogP contribution is -2.45. The minimum Gasteiger partial charge on any atom is -0.392 e. The van der Waals surface area contributed by atoms with E-state index < -0.39 is 0 Å². The Morgan fingerprint density at radius 3 is 2.07 bits per heavy atom. The van der Waals surface area contributed by atoms with E-state index in [1.54, 1.807) is 0 Å². The van der Waals surface area contributed by atoms with Crippen LogP contribution in [0.15, 0.2) is 0 Å². The van der Waals surface area contributed by atoms with Gasteiger partial charge in [-0.05, 0) is 43.4 Å². The Hall–Kier alpha value is -0.0800. The first-order chi connectivity index (χ1) is 7.11. The molecular formula is C13H24O2. The van der Waals surface area contributed by atoms with Crippen LogP contribution in [0, 0.1) is 23.7 Å². The van der Waals surface area contributed by atoms with Gasteiger partial charge >= 0.3 is 0 Å². The molecule has 0 saturated heterocycles. The largest absolute Gasteiger partial charge is 0.392 e. The molecule has 2 aliphatic carbocycles. The normalized spacial score (nSPS) is 52.0. The fourth-order valence-electron chi connectivity index (χ4n) is 3.57. The van der Waals surface area contributed by atoms with E-state index in [0.29, 0.717) is 17.8 Å². The van der Waals surface area contributed by atoms with Gasteiger partial charge in [-0.1, -0.05) is 20.3 Å². The van der Waals surface area contributed by atoms with Crippen molar-refractivity contribution in [3.63, 3.8) is 0 Å². The Bertz CT molecular complexity index is 213. The van der Waals surface area contributed by atoms with Crippen LogP contribution < -0.4 is 0 Å². The lowest BCUT2D eigenvalue weighted by atomic mass is 9.68. The van der Waals surface area contributed by atoms with E-state index in [2.05, 4.69) is 13.8 Å². The molecule has 2 fully saturated rings. The van der Waals surface area contributed by atoms with Crippen LogP contribution in [0.1, 0.15) is 46.0 Å². The summed E-state index contributed by atoms with van der Waals surface area (Å²) in [6.07, 6.45) is 5.32. The highest BCUT2D eigenvalue weighted by molar-refractivity contribution is 4.93. The average molecular weight is 212 g/mol. The highest BCUT2D eigenvalue weighted by Gasteiger charge is 2.43. The standard InChI is InChI=1S/C13H24O2/c1-8-4-3-5-10-7-6-9(2)13(15)11(10)12(8)14/h8-15H,3-7H2,1-2H3/t8-,9+,10?,11?,12?,13?/m0/s1. The van der Waals surface area contributed by atoms with Crippen molar-refractivity contribution in [1.82, 2.24) is 0 Å². The summed E-state index contributed by atoms with van der Waals surface area (Å²) >= 11 is 0. The van der Waals surface area contributed by atoms with Gasteiger partial charge in [0.25, 0.3) is 0 Å². The number of hydrogen-bond donors (Lipinski definition) is 2. The van der Waals surface area contributed by atoms with Gasteiger partial charge in [0.05, 0.1) is 12.2 Å². The van der Waals surface area contributed by atoms with Crippen LogP contribution in [0.5, 0.6) is 0 Å². The molecule has 0 radical (unpaired) electrons. The second-order valence-electron chi connectivity index (χ2n) is 5.78. The van der Waals surface area contributed by atoms with Crippen molar-refractivity contribution < 1.29 is 10.2 Å². The third kappa shape index (κ3) is 2.07. The average Bonchev–Trinajstić information content (AvgIpc) is 2.35. The molecule has 0 bridgehead atoms. The molecular weight excluding hydrogens is 188 g/mol. The van der Waals surface area contributed by atoms with E-state index in [9.17, 15) is 10.2 Å². The van der Waals surface area contributed by atoms with Gasteiger partial charge in [0.2, 0.25) is 0 Å². The zero-order valence-electron chi connectivity index (χ0n) is 9.89. The summed E-state index contributed by atoms with van der Waals surface area (Å²) in [5.74, 6) is 1.44. The molecule has 2 N–H and O–H groups in total. The Labute approximate surface area is 92.7 Å². The van der Waals surface area contributed by atoms with Gasteiger partial charge in [-0.3, -0.25) is 0 Å². The van der Waals surface area contributed by atoms with Crippen molar-refractivity contribution in [2.45, 2.75) is 58.2 Å². The van der Waals surface area contributed by atoms with Crippen LogP contribution in [0.25, 0.3) is 0 Å². The van der Waals surface area contributed by atoms with Gasteiger partial charge in [-0.2, -0.15) is 0 Å². The number of aliphatic hydroxyl groups excluding tert-OH is 2. The van der Waals surface area contributed by atoms with Crippen molar-refractivity contribution in [2.75, 3.05) is 0 Å². The van der Waals surface area contributed by atoms with E-state index in [0.717, 1.165) is 12.8 Å². The summed E-state index contributed by atoms with van der Waals surface area (Å²) in [6.45, 7) is 4.24. The number of fused-ring (bicyclic) bond motifs is 1. The fraction of sp³-hybridized carbons (Fsp3) is 1.00. The molecule has 2 rings (SSSR count). The van der Waals surface area contributed by atoms with Crippen molar-refractivity contribution in [3.05, 3.63) is 0 Å². The molecule has 0 aromatic carbocycles. The van der Waals surface area contributed by atoms with Crippen molar-refractivity contribution in [1.29, 1.82) is 0 Å². The van der Waals surface area contributed by atoms with E-state index in [4.69, 9.17) is 0 Å². The first kappa shape index (κ1) is 11.4. The zero-order chi connectivity index (χ0) is 11.0. The monoisotopic (exact) mass is 212 g/mol. The fourth-order valence-corrected chi connectivity index (χ4v) is 3.57. The SMILES string of the molecule is C[C@@H]1CCC2CCC[C@H](C)C(O)C2C1O. The first-order valence-electron chi connectivity index (χ1n) is 6.47. The van der Waals surface area contributed by atoms with Gasteiger partial charge in [-0.15, -0.1) is 0 Å². The summed E-state index contributed by atoms with van der Waals surface area (Å²) in [6, 6.07) is 0. The predicted molar refractivity (Wildman–Crippen MR) is 60.4 cm³/mol. The highest BCUT2D eigenvalue weighted by atomic mass is 16.3. The Balaban J connectivity index is 2.17. The summed E-state index contributed by atoms with van der Waals surface area (Å²) in [7, 11) is 0. The van der Waals surface area contributed by atoms with Crippen LogP contribution in [0.4, 0.5) is 0 Å². The van der Waals surface area contributed by atoms with E-state index in [-0.39, 0.29) is 18.1 Å². The molecule has 6 atom stereocenters. The number of hydrogen-bond acceptors (Lipinski definition) is 2. The van der Waals surface area contributed by atoms with Gasteiger partial charge in [0.1, 0.15) is 0 Å². The van der Waals surface area contributed by atoms with E-state index in [1.807, 2.05) is 0 Å². The topological polar surface area (TPSA) is 40.5 Å². The molecule has 0 aromatic heterocycles. The molecule has 0 aliphatic heterocycles. The minimum absolute atomic E-state index is 0.145. The molecule has 2 saturated carbocycles. The summed E-state index contributed by atoms with van der Waals surface area (Å²) < 4.78 is 0. The molecule has 0 spiro atoms. The minimum atomic E-state index is -0.282. The van der Waals surface area contributed by atoms with Crippen molar-refractivity contribution in [2.24, 2.45) is 23.7 Å². The maximum absolute atomic E-state index is 10.3. The molecule has 0 amide bonds. The molecule has 88 valence electrons. The van der Waals surface area contributed by atoms with Gasteiger partial charge in [0.15, 0.2) is 0 Å². The van der Waals surface area contributed by atoms with Crippen molar-refractivity contribution >= 4 is 0 Å². The smallest absolute Gasteiger partial charge is 0.0621 e. The maximum Gasteiger partial charge on any atom is 0.0621 e. The Morgan fingerprint density at radius 2 is 1.40 bits per heavy atom. The van der Waals surface area contributed by atoms with Crippen molar-refractivity contribution in [3.8, 4) is 0 Å². The first-order valence-corrected chi connectivity index (χ1v) is 6.47. The van der Waals surface area contributed by atoms with Crippen LogP contribution in [-0.4, -0.2) is 22.4 Å². The summed E-state index contributed by atoms with van der Waals surface area (Å²) in [5.41, 5.74) is 0. The van der Waals surface area contributed by atoms with Gasteiger partial charge < -0.3 is 10.2 Å². The summed E-state index contributed by atoms with van der Waals surface area (Å²) in [5, 5.41) is 20.5. The predicted octanol–water partition coefficient (Wildman–Crippen LogP) is 2.19. The van der Waals surface area contributed by atoms with Crippen LogP contribution in [-0.2, 0) is 0 Å². The third-order valence-electron chi connectivity index (χ3n) is 4.73. The number of aliphatic hydroxyl groups is 2. The lowest BCUT2D eigenvalue weighted by Gasteiger charge is -2.41. The van der Waals surface area contributed by atoms with Gasteiger partial charge in [0, 0.05) is 5.92 Å². The molecule has 4 unspecified atom stereocenters. The van der Waals surface area contributed by atoms with Crippen LogP contribution in [0.3, 0.4) is 0 Å². The molecule has 2 nitrogen and oxygen atoms in total. The number of rotatable bonds is 0. The van der Waals surface area contributed by atoms with Crippen LogP contribution in [0.2, 0.25) is 0 Å². The van der Waals surface area contributed by atoms with Gasteiger partial charge in [-0.25, -0.2) is 0 Å². The van der Waals surface area contributed by atoms with E-state index in [1.165, 1.54) is 19.3 Å². The molecule has 2 aliphatic rings. The summed E-state index contributed by atoms with van der Waals surface area (Å²) in [4.78, 5) is 0. The quantitative estimate of drug-likeness (QED) is 0.646. The second kappa shape index (κ2) is 4.42. The molecule has 15 heavy (non-hydrogen) atoms. The zero-order valence-corrected chi connectivity index (χ0v) is 9.89. The second-order valence-corrected chi connectivity index (χ2v) is 5.78. The third-order valence-corrected chi connectivity index (χ3v) is 4.73. The Kier molecular flexibility index (Phi) is 3.36. The maximum atomic E-state index is 10.3.